The summed E-state index contributed by atoms with van der Waals surface area (Å²) in [6, 6.07) is 8.12. The van der Waals surface area contributed by atoms with E-state index in [0.717, 1.165) is 53.9 Å². The van der Waals surface area contributed by atoms with Crippen molar-refractivity contribution in [2.24, 2.45) is 46.9 Å². The molecule has 0 spiro atoms. The third-order valence-electron chi connectivity index (χ3n) is 8.97. The number of hydrogen-bond acceptors (Lipinski definition) is 14. The van der Waals surface area contributed by atoms with Gasteiger partial charge in [-0.3, -0.25) is 19.6 Å². The van der Waals surface area contributed by atoms with Gasteiger partial charge in [-0.25, -0.2) is 24.9 Å². The van der Waals surface area contributed by atoms with Gasteiger partial charge in [0, 0.05) is 91.7 Å². The second-order valence-electron chi connectivity index (χ2n) is 20.0. The van der Waals surface area contributed by atoms with Gasteiger partial charge in [-0.05, 0) is 111 Å². The summed E-state index contributed by atoms with van der Waals surface area (Å²) >= 11 is 1.67. The Labute approximate surface area is 446 Å². The normalized spacial score (nSPS) is 10.5. The summed E-state index contributed by atoms with van der Waals surface area (Å²) in [6.45, 7) is 40.6. The van der Waals surface area contributed by atoms with Crippen LogP contribution in [-0.4, -0.2) is 75.8 Å². The first-order chi connectivity index (χ1) is 34.5. The fraction of sp³-hybridized carbons (Fsp3) is 0.569. The zero-order valence-electron chi connectivity index (χ0n) is 48.9. The molecule has 0 radical (unpaired) electrons. The molecule has 0 N–H and O–H groups in total. The van der Waals surface area contributed by atoms with Crippen molar-refractivity contribution in [3.8, 4) is 0 Å². The summed E-state index contributed by atoms with van der Waals surface area (Å²) in [5.74, 6) is 5.49. The van der Waals surface area contributed by atoms with Crippen molar-refractivity contribution in [1.82, 2.24) is 49.7 Å². The van der Waals surface area contributed by atoms with E-state index in [1.165, 1.54) is 22.6 Å². The van der Waals surface area contributed by atoms with Gasteiger partial charge in [0.1, 0.15) is 25.9 Å². The molecule has 0 aromatic carbocycles. The molecule has 14 nitrogen and oxygen atoms in total. The molecule has 0 amide bonds. The highest BCUT2D eigenvalue weighted by Crippen LogP contribution is 2.11. The molecule has 0 bridgehead atoms. The van der Waals surface area contributed by atoms with Crippen LogP contribution in [0.2, 0.25) is 0 Å². The van der Waals surface area contributed by atoms with Crippen LogP contribution in [0.1, 0.15) is 181 Å². The maximum Gasteiger partial charge on any atom is 0.130 e. The third-order valence-corrected chi connectivity index (χ3v) is 9.60. The van der Waals surface area contributed by atoms with Crippen LogP contribution in [0.4, 0.5) is 0 Å². The SMILES string of the molecule is CC(C)Cc1ccccn1.CC(C)Cc1ccnn1C.CC(C)Cc1cscn1.CC(C)c1cncnc1.CCO/N=C\C(C)C.CON=CC(C)C.Cc1cnc(C(C)C)cn1.Cc1cnc(C(C)C)nc1. The lowest BCUT2D eigenvalue weighted by Gasteiger charge is -2.03. The highest BCUT2D eigenvalue weighted by atomic mass is 32.1. The molecule has 0 unspecified atom stereocenters. The van der Waals surface area contributed by atoms with E-state index in [0.29, 0.717) is 42.1 Å². The number of aromatic nitrogens is 10. The Morgan fingerprint density at radius 3 is 1.58 bits per heavy atom. The Balaban J connectivity index is 0. The number of rotatable bonds is 14. The van der Waals surface area contributed by atoms with Crippen LogP contribution in [0.25, 0.3) is 0 Å². The van der Waals surface area contributed by atoms with Gasteiger partial charge in [-0.2, -0.15) is 5.10 Å². The van der Waals surface area contributed by atoms with Crippen LogP contribution in [0.15, 0.2) is 101 Å². The first-order valence-electron chi connectivity index (χ1n) is 25.8. The standard InChI is InChI=1S/C9H13N.2C8H12N2.C8H14N2.C7H10N2.C7H11NS.C6H13NO.C5H11NO/c1-8(2)7-9-5-3-4-6-10-9;1-6(2)8-5-9-7(3)4-10-8;1-6(2)8-9-4-7(3)5-10-8;1-7(2)6-8-4-5-9-10(8)3;1-6(2)7-3-8-5-9-4-7;1-6(2)3-7-4-9-5-8-7;1-4-8-7-5-6(2)3;1-5(2)4-6-7-3/h3-6,8H,7H2,1-2H3;2*4-6H,1-3H3;4-5,7H,6H2,1-3H3;3-6H,1-2H3;4-6H,3H2,1-2H3;5-6H,4H2,1-3H3;4-5H,1-3H3/b;;;;;;7-5-;. The molecule has 406 valence electrons. The number of thiazole rings is 1. The highest BCUT2D eigenvalue weighted by Gasteiger charge is 2.02. The first kappa shape index (κ1) is 69.2. The second-order valence-corrected chi connectivity index (χ2v) is 20.7. The van der Waals surface area contributed by atoms with Crippen molar-refractivity contribution in [3.05, 3.63) is 136 Å². The summed E-state index contributed by atoms with van der Waals surface area (Å²) in [4.78, 5) is 42.0. The molecule has 6 rings (SSSR count). The average Bonchev–Trinajstić information content (AvgIpc) is 4.01. The van der Waals surface area contributed by atoms with Crippen LogP contribution in [0.3, 0.4) is 0 Å². The average molecular weight is 1030 g/mol. The topological polar surface area (TPSA) is 164 Å². The number of nitrogens with zero attached hydrogens (tertiary/aromatic N) is 12. The fourth-order valence-corrected chi connectivity index (χ4v) is 5.72. The molecule has 0 saturated heterocycles. The summed E-state index contributed by atoms with van der Waals surface area (Å²) in [7, 11) is 3.52. The molecular weight excluding hydrogens is 929 g/mol. The third kappa shape index (κ3) is 42.4. The predicted octanol–water partition coefficient (Wildman–Crippen LogP) is 14.6. The van der Waals surface area contributed by atoms with Gasteiger partial charge in [0.2, 0.25) is 0 Å². The van der Waals surface area contributed by atoms with Gasteiger partial charge in [-0.15, -0.1) is 11.3 Å². The summed E-state index contributed by atoms with van der Waals surface area (Å²) in [6.07, 6.45) is 23.1. The summed E-state index contributed by atoms with van der Waals surface area (Å²) in [5, 5.41) is 13.4. The largest absolute Gasteiger partial charge is 0.399 e. The first-order valence-corrected chi connectivity index (χ1v) is 26.7. The highest BCUT2D eigenvalue weighted by molar-refractivity contribution is 7.07. The van der Waals surface area contributed by atoms with Crippen molar-refractivity contribution in [2.45, 2.75) is 169 Å². The van der Waals surface area contributed by atoms with Gasteiger partial charge >= 0.3 is 0 Å². The van der Waals surface area contributed by atoms with Gasteiger partial charge in [-0.1, -0.05) is 127 Å². The van der Waals surface area contributed by atoms with Gasteiger partial charge in [0.15, 0.2) is 0 Å². The summed E-state index contributed by atoms with van der Waals surface area (Å²) in [5.41, 5.74) is 9.97. The predicted molar refractivity (Wildman–Crippen MR) is 308 cm³/mol. The van der Waals surface area contributed by atoms with E-state index in [1.807, 2.05) is 107 Å². The Bertz CT molecular complexity index is 2110. The molecule has 0 aliphatic rings. The number of oxime groups is 2. The Kier molecular flexibility index (Phi) is 41.5. The maximum absolute atomic E-state index is 4.71. The van der Waals surface area contributed by atoms with E-state index >= 15 is 0 Å². The lowest BCUT2D eigenvalue weighted by molar-refractivity contribution is 0.159. The lowest BCUT2D eigenvalue weighted by Crippen LogP contribution is -2.01. The van der Waals surface area contributed by atoms with Crippen molar-refractivity contribution in [3.63, 3.8) is 0 Å². The van der Waals surface area contributed by atoms with E-state index in [9.17, 15) is 0 Å². The van der Waals surface area contributed by atoms with Crippen molar-refractivity contribution in [2.75, 3.05) is 13.7 Å². The molecule has 15 heteroatoms. The lowest BCUT2D eigenvalue weighted by atomic mass is 10.1. The molecule has 0 atom stereocenters. The van der Waals surface area contributed by atoms with Crippen LogP contribution in [0, 0.1) is 43.4 Å². The van der Waals surface area contributed by atoms with E-state index in [1.54, 1.807) is 43.4 Å². The van der Waals surface area contributed by atoms with Crippen molar-refractivity contribution >= 4 is 23.8 Å². The number of aryl methyl sites for hydroxylation is 3. The van der Waals surface area contributed by atoms with Crippen LogP contribution in [-0.2, 0) is 36.0 Å². The monoisotopic (exact) mass is 1020 g/mol. The minimum Gasteiger partial charge on any atom is -0.399 e. The molecule has 6 heterocycles. The van der Waals surface area contributed by atoms with Gasteiger partial charge in [0.05, 0.1) is 22.6 Å². The minimum absolute atomic E-state index is 0.431. The number of pyridine rings is 1. The molecule has 73 heavy (non-hydrogen) atoms. The van der Waals surface area contributed by atoms with Crippen molar-refractivity contribution < 1.29 is 9.68 Å². The molecule has 0 aliphatic carbocycles. The van der Waals surface area contributed by atoms with Crippen LogP contribution in [0.5, 0.6) is 0 Å². The van der Waals surface area contributed by atoms with Gasteiger partial charge < -0.3 is 9.68 Å². The fourth-order valence-electron chi connectivity index (χ4n) is 5.15. The Hall–Kier alpha value is -5.83. The molecule has 6 aromatic heterocycles. The molecule has 0 saturated carbocycles. The van der Waals surface area contributed by atoms with E-state index in [2.05, 4.69) is 175 Å². The van der Waals surface area contributed by atoms with Gasteiger partial charge in [0.25, 0.3) is 0 Å². The van der Waals surface area contributed by atoms with Crippen molar-refractivity contribution in [1.29, 1.82) is 0 Å². The molecule has 0 aliphatic heterocycles. The van der Waals surface area contributed by atoms with Crippen LogP contribution < -0.4 is 0 Å². The molecule has 0 fully saturated rings. The Morgan fingerprint density at radius 2 is 1.19 bits per heavy atom. The van der Waals surface area contributed by atoms with E-state index < -0.39 is 0 Å². The minimum atomic E-state index is 0.431. The zero-order chi connectivity index (χ0) is 55.6. The zero-order valence-corrected chi connectivity index (χ0v) is 49.7. The second kappa shape index (κ2) is 43.7. The Morgan fingerprint density at radius 1 is 0.603 bits per heavy atom. The number of hydrogen-bond donors (Lipinski definition) is 0. The maximum atomic E-state index is 4.71. The molecular formula is C58H96N12O2S. The summed E-state index contributed by atoms with van der Waals surface area (Å²) < 4.78 is 1.93. The molecule has 6 aromatic rings. The smallest absolute Gasteiger partial charge is 0.130 e. The van der Waals surface area contributed by atoms with E-state index in [4.69, 9.17) is 4.84 Å². The van der Waals surface area contributed by atoms with E-state index in [-0.39, 0.29) is 0 Å². The van der Waals surface area contributed by atoms with Crippen LogP contribution >= 0.6 is 11.3 Å². The quantitative estimate of drug-likeness (QED) is 0.0753.